The SMILES string of the molecule is CC(C(=O)NC(C)(C)C)N(Cc1ccccc1)C(=O)CCCN1C(=O)c2cccc3cccc1c23. The summed E-state index contributed by atoms with van der Waals surface area (Å²) in [5.41, 5.74) is 2.18. The third kappa shape index (κ3) is 5.37. The molecule has 6 nitrogen and oxygen atoms in total. The van der Waals surface area contributed by atoms with Crippen LogP contribution in [0.25, 0.3) is 10.8 Å². The predicted molar refractivity (Wildman–Crippen MR) is 139 cm³/mol. The molecule has 1 heterocycles. The van der Waals surface area contributed by atoms with Crippen molar-refractivity contribution in [1.29, 1.82) is 0 Å². The van der Waals surface area contributed by atoms with Crippen LogP contribution in [-0.4, -0.2) is 40.7 Å². The van der Waals surface area contributed by atoms with Gasteiger partial charge in [-0.25, -0.2) is 0 Å². The van der Waals surface area contributed by atoms with E-state index >= 15 is 0 Å². The summed E-state index contributed by atoms with van der Waals surface area (Å²) in [5, 5.41) is 5.00. The molecule has 1 unspecified atom stereocenters. The van der Waals surface area contributed by atoms with Crippen molar-refractivity contribution in [3.8, 4) is 0 Å². The maximum atomic E-state index is 13.4. The number of rotatable bonds is 8. The lowest BCUT2D eigenvalue weighted by molar-refractivity contribution is -0.141. The van der Waals surface area contributed by atoms with Crippen LogP contribution in [0.3, 0.4) is 0 Å². The molecular formula is C29H33N3O3. The number of anilines is 1. The zero-order valence-corrected chi connectivity index (χ0v) is 20.9. The number of amides is 3. The molecule has 6 heteroatoms. The highest BCUT2D eigenvalue weighted by Gasteiger charge is 2.31. The van der Waals surface area contributed by atoms with Crippen molar-refractivity contribution >= 4 is 34.2 Å². The van der Waals surface area contributed by atoms with E-state index in [0.717, 1.165) is 22.0 Å². The lowest BCUT2D eigenvalue weighted by atomic mass is 10.1. The zero-order chi connectivity index (χ0) is 25.2. The van der Waals surface area contributed by atoms with E-state index in [1.807, 2.05) is 87.5 Å². The maximum absolute atomic E-state index is 13.4. The summed E-state index contributed by atoms with van der Waals surface area (Å²) in [7, 11) is 0. The van der Waals surface area contributed by atoms with E-state index in [1.54, 1.807) is 16.7 Å². The molecule has 3 amide bonds. The average molecular weight is 472 g/mol. The molecule has 1 aliphatic rings. The van der Waals surface area contributed by atoms with E-state index in [2.05, 4.69) is 5.32 Å². The molecule has 35 heavy (non-hydrogen) atoms. The fourth-order valence-corrected chi connectivity index (χ4v) is 4.57. The Morgan fingerprint density at radius 2 is 1.66 bits per heavy atom. The molecule has 0 radical (unpaired) electrons. The summed E-state index contributed by atoms with van der Waals surface area (Å²) in [6.07, 6.45) is 0.754. The molecule has 3 aromatic carbocycles. The molecule has 0 saturated heterocycles. The first kappa shape index (κ1) is 24.5. The van der Waals surface area contributed by atoms with Crippen molar-refractivity contribution in [3.63, 3.8) is 0 Å². The van der Waals surface area contributed by atoms with Gasteiger partial charge in [0.15, 0.2) is 0 Å². The molecule has 0 aromatic heterocycles. The number of carbonyl (C=O) groups excluding carboxylic acids is 3. The van der Waals surface area contributed by atoms with Crippen LogP contribution >= 0.6 is 0 Å². The van der Waals surface area contributed by atoms with Crippen molar-refractivity contribution in [3.05, 3.63) is 77.9 Å². The fourth-order valence-electron chi connectivity index (χ4n) is 4.57. The fraction of sp³-hybridized carbons (Fsp3) is 0.345. The molecule has 0 aliphatic carbocycles. The Labute approximate surface area is 206 Å². The van der Waals surface area contributed by atoms with Crippen LogP contribution in [0.4, 0.5) is 5.69 Å². The van der Waals surface area contributed by atoms with Gasteiger partial charge >= 0.3 is 0 Å². The largest absolute Gasteiger partial charge is 0.350 e. The molecule has 3 aromatic rings. The molecule has 0 spiro atoms. The molecule has 1 atom stereocenters. The Morgan fingerprint density at radius 3 is 2.34 bits per heavy atom. The van der Waals surface area contributed by atoms with Gasteiger partial charge in [-0.05, 0) is 57.2 Å². The van der Waals surface area contributed by atoms with Crippen molar-refractivity contribution < 1.29 is 14.4 Å². The van der Waals surface area contributed by atoms with Gasteiger partial charge in [0.2, 0.25) is 11.8 Å². The molecule has 0 fully saturated rings. The number of nitrogens with zero attached hydrogens (tertiary/aromatic N) is 2. The van der Waals surface area contributed by atoms with Gasteiger partial charge in [0.05, 0.1) is 5.69 Å². The van der Waals surface area contributed by atoms with Gasteiger partial charge in [-0.3, -0.25) is 14.4 Å². The van der Waals surface area contributed by atoms with Crippen molar-refractivity contribution in [2.45, 2.75) is 58.7 Å². The van der Waals surface area contributed by atoms with Crippen LogP contribution in [0.5, 0.6) is 0 Å². The molecule has 0 bridgehead atoms. The Hall–Kier alpha value is -3.67. The Balaban J connectivity index is 1.46. The normalized spacial score (nSPS) is 13.7. The minimum atomic E-state index is -0.617. The molecule has 1 N–H and O–H groups in total. The first-order valence-corrected chi connectivity index (χ1v) is 12.1. The molecule has 0 saturated carbocycles. The first-order chi connectivity index (χ1) is 16.7. The average Bonchev–Trinajstić information content (AvgIpc) is 3.09. The maximum Gasteiger partial charge on any atom is 0.258 e. The number of hydrogen-bond donors (Lipinski definition) is 1. The van der Waals surface area contributed by atoms with E-state index < -0.39 is 6.04 Å². The van der Waals surface area contributed by atoms with Gasteiger partial charge in [-0.15, -0.1) is 0 Å². The Morgan fingerprint density at radius 1 is 0.971 bits per heavy atom. The van der Waals surface area contributed by atoms with Crippen LogP contribution in [0, 0.1) is 0 Å². The smallest absolute Gasteiger partial charge is 0.258 e. The minimum Gasteiger partial charge on any atom is -0.350 e. The highest BCUT2D eigenvalue weighted by Crippen LogP contribution is 2.37. The van der Waals surface area contributed by atoms with Crippen LogP contribution in [0.15, 0.2) is 66.7 Å². The number of nitrogens with one attached hydrogen (secondary N) is 1. The van der Waals surface area contributed by atoms with E-state index in [9.17, 15) is 14.4 Å². The van der Waals surface area contributed by atoms with E-state index in [0.29, 0.717) is 25.1 Å². The second kappa shape index (κ2) is 9.90. The monoisotopic (exact) mass is 471 g/mol. The summed E-state index contributed by atoms with van der Waals surface area (Å²) in [5.74, 6) is -0.310. The van der Waals surface area contributed by atoms with Crippen LogP contribution in [-0.2, 0) is 16.1 Å². The van der Waals surface area contributed by atoms with Gasteiger partial charge in [-0.1, -0.05) is 54.6 Å². The molecule has 182 valence electrons. The Kier molecular flexibility index (Phi) is 6.92. The quantitative estimate of drug-likeness (QED) is 0.507. The topological polar surface area (TPSA) is 69.7 Å². The van der Waals surface area contributed by atoms with Gasteiger partial charge in [0.1, 0.15) is 6.04 Å². The summed E-state index contributed by atoms with van der Waals surface area (Å²) in [6.45, 7) is 8.33. The predicted octanol–water partition coefficient (Wildman–Crippen LogP) is 4.91. The van der Waals surface area contributed by atoms with Crippen LogP contribution < -0.4 is 10.2 Å². The van der Waals surface area contributed by atoms with Crippen molar-refractivity contribution in [2.75, 3.05) is 11.4 Å². The van der Waals surface area contributed by atoms with E-state index in [1.165, 1.54) is 0 Å². The molecular weight excluding hydrogens is 438 g/mol. The number of benzene rings is 3. The van der Waals surface area contributed by atoms with E-state index in [-0.39, 0.29) is 29.7 Å². The zero-order valence-electron chi connectivity index (χ0n) is 20.9. The van der Waals surface area contributed by atoms with Crippen LogP contribution in [0.1, 0.15) is 56.5 Å². The molecule has 4 rings (SSSR count). The minimum absolute atomic E-state index is 0.0247. The second-order valence-corrected chi connectivity index (χ2v) is 10.2. The highest BCUT2D eigenvalue weighted by molar-refractivity contribution is 6.25. The summed E-state index contributed by atoms with van der Waals surface area (Å²) in [6, 6.07) is 20.8. The lowest BCUT2D eigenvalue weighted by Crippen LogP contribution is -2.52. The number of hydrogen-bond acceptors (Lipinski definition) is 3. The second-order valence-electron chi connectivity index (χ2n) is 10.2. The summed E-state index contributed by atoms with van der Waals surface area (Å²) >= 11 is 0. The Bertz CT molecular complexity index is 1240. The summed E-state index contributed by atoms with van der Waals surface area (Å²) in [4.78, 5) is 42.7. The third-order valence-electron chi connectivity index (χ3n) is 6.28. The summed E-state index contributed by atoms with van der Waals surface area (Å²) < 4.78 is 0. The highest BCUT2D eigenvalue weighted by atomic mass is 16.2. The van der Waals surface area contributed by atoms with Gasteiger partial charge in [0.25, 0.3) is 5.91 Å². The van der Waals surface area contributed by atoms with Crippen LogP contribution in [0.2, 0.25) is 0 Å². The lowest BCUT2D eigenvalue weighted by Gasteiger charge is -2.31. The van der Waals surface area contributed by atoms with Gasteiger partial charge in [0, 0.05) is 36.0 Å². The number of carbonyl (C=O) groups is 3. The van der Waals surface area contributed by atoms with Crippen molar-refractivity contribution in [2.24, 2.45) is 0 Å². The van der Waals surface area contributed by atoms with E-state index in [4.69, 9.17) is 0 Å². The first-order valence-electron chi connectivity index (χ1n) is 12.1. The van der Waals surface area contributed by atoms with Gasteiger partial charge in [-0.2, -0.15) is 0 Å². The van der Waals surface area contributed by atoms with Gasteiger partial charge < -0.3 is 15.1 Å². The molecule has 1 aliphatic heterocycles. The third-order valence-corrected chi connectivity index (χ3v) is 6.28. The standard InChI is InChI=1S/C29H33N3O3/c1-20(27(34)30-29(2,3)4)32(19-21-11-6-5-7-12-21)25(33)17-10-18-31-24-16-9-14-22-13-8-15-23(26(22)24)28(31)35/h5-9,11-16,20H,10,17-19H2,1-4H3,(H,30,34). The van der Waals surface area contributed by atoms with Crippen molar-refractivity contribution in [1.82, 2.24) is 10.2 Å².